The zero-order valence-electron chi connectivity index (χ0n) is 22.9. The fourth-order valence-electron chi connectivity index (χ4n) is 4.66. The number of aromatic nitrogens is 4. The lowest BCUT2D eigenvalue weighted by Crippen LogP contribution is -2.33. The number of benzene rings is 3. The van der Waals surface area contributed by atoms with E-state index in [1.165, 1.54) is 23.4 Å². The fourth-order valence-corrected chi connectivity index (χ4v) is 5.51. The zero-order valence-corrected chi connectivity index (χ0v) is 23.7. The van der Waals surface area contributed by atoms with Crippen molar-refractivity contribution in [2.45, 2.75) is 12.1 Å². The summed E-state index contributed by atoms with van der Waals surface area (Å²) in [5, 5.41) is 7.42. The number of aliphatic imine (C=N–C) groups is 1. The molecule has 0 unspecified atom stereocenters. The smallest absolute Gasteiger partial charge is 0.350 e. The number of alkyl halides is 5. The molecule has 0 bridgehead atoms. The van der Waals surface area contributed by atoms with E-state index in [0.29, 0.717) is 17.8 Å². The number of thioether (sulfide) groups is 1. The zero-order chi connectivity index (χ0) is 32.1. The predicted octanol–water partition coefficient (Wildman–Crippen LogP) is 6.89. The Bertz CT molecular complexity index is 1990. The molecule has 6 rings (SSSR count). The third kappa shape index (κ3) is 5.52. The average Bonchev–Trinajstić information content (AvgIpc) is 3.73. The lowest BCUT2D eigenvalue weighted by molar-refractivity contribution is -0.289. The van der Waals surface area contributed by atoms with Crippen LogP contribution in [0.3, 0.4) is 0 Å². The molecule has 3 heterocycles. The molecule has 0 radical (unpaired) electrons. The van der Waals surface area contributed by atoms with E-state index in [1.807, 2.05) is 29.9 Å². The first kappa shape index (κ1) is 29.9. The van der Waals surface area contributed by atoms with Crippen molar-refractivity contribution < 1.29 is 35.9 Å². The van der Waals surface area contributed by atoms with Crippen LogP contribution in [0.2, 0.25) is 0 Å². The molecule has 45 heavy (non-hydrogen) atoms. The monoisotopic (exact) mass is 643 g/mol. The fraction of sp³-hybridized carbons (Fsp3) is 0.138. The van der Waals surface area contributed by atoms with Crippen LogP contribution in [0.4, 0.5) is 42.5 Å². The molecule has 3 amide bonds. The van der Waals surface area contributed by atoms with Crippen LogP contribution in [0.25, 0.3) is 28.0 Å². The van der Waals surface area contributed by atoms with Crippen molar-refractivity contribution in [3.63, 3.8) is 0 Å². The standard InChI is InChI=1S/C29H19F6N7O2S/c1-40-12-11-19-22(40)3-2-4-23(19)42-24(43)14-45-27(42)38-26(44)37-21-10-5-16(13-20(21)30)25-36-15-41(39-25)18-8-6-17(7-9-18)28(31,32)29(33,34)35/h2-13,15H,14H2,1H3,(H,37,44)/b38-27-. The summed E-state index contributed by atoms with van der Waals surface area (Å²) < 4.78 is 83.1. The number of amidine groups is 1. The summed E-state index contributed by atoms with van der Waals surface area (Å²) in [4.78, 5) is 34.9. The highest BCUT2D eigenvalue weighted by atomic mass is 32.2. The number of nitrogens with one attached hydrogen (secondary N) is 1. The molecule has 2 aromatic heterocycles. The van der Waals surface area contributed by atoms with Gasteiger partial charge in [-0.15, -0.1) is 5.10 Å². The Balaban J connectivity index is 1.18. The van der Waals surface area contributed by atoms with Crippen molar-refractivity contribution in [2.24, 2.45) is 12.0 Å². The number of hydrogen-bond acceptors (Lipinski definition) is 5. The maximum absolute atomic E-state index is 15.0. The Kier molecular flexibility index (Phi) is 7.39. The van der Waals surface area contributed by atoms with Crippen LogP contribution in [0.1, 0.15) is 5.56 Å². The molecular weight excluding hydrogens is 624 g/mol. The molecular formula is C29H19F6N7O2S. The Labute approximate surface area is 254 Å². The number of amides is 3. The number of aryl methyl sites for hydroxylation is 1. The first-order chi connectivity index (χ1) is 21.3. The minimum atomic E-state index is -5.75. The van der Waals surface area contributed by atoms with Crippen LogP contribution >= 0.6 is 11.8 Å². The molecule has 9 nitrogen and oxygen atoms in total. The van der Waals surface area contributed by atoms with Gasteiger partial charge in [0.15, 0.2) is 11.0 Å². The van der Waals surface area contributed by atoms with Crippen molar-refractivity contribution in [2.75, 3.05) is 16.0 Å². The van der Waals surface area contributed by atoms with Crippen molar-refractivity contribution >= 4 is 51.1 Å². The van der Waals surface area contributed by atoms with Gasteiger partial charge in [0.2, 0.25) is 5.91 Å². The van der Waals surface area contributed by atoms with E-state index >= 15 is 4.39 Å². The van der Waals surface area contributed by atoms with E-state index in [4.69, 9.17) is 0 Å². The number of carbonyl (C=O) groups excluding carboxylic acids is 2. The van der Waals surface area contributed by atoms with Gasteiger partial charge in [-0.05, 0) is 48.5 Å². The van der Waals surface area contributed by atoms with Crippen molar-refractivity contribution in [3.05, 3.63) is 90.6 Å². The molecule has 5 aromatic rings. The molecule has 230 valence electrons. The topological polar surface area (TPSA) is 97.4 Å². The number of halogens is 6. The van der Waals surface area contributed by atoms with Crippen LogP contribution in [-0.2, 0) is 17.8 Å². The predicted molar refractivity (Wildman–Crippen MR) is 156 cm³/mol. The van der Waals surface area contributed by atoms with Gasteiger partial charge >= 0.3 is 18.1 Å². The Morgan fingerprint density at radius 2 is 1.78 bits per heavy atom. The molecule has 16 heteroatoms. The number of fused-ring (bicyclic) bond motifs is 1. The van der Waals surface area contributed by atoms with E-state index < -0.39 is 29.5 Å². The first-order valence-electron chi connectivity index (χ1n) is 13.0. The van der Waals surface area contributed by atoms with Gasteiger partial charge in [-0.3, -0.25) is 9.69 Å². The van der Waals surface area contributed by atoms with Gasteiger partial charge in [0, 0.05) is 35.3 Å². The molecule has 1 aliphatic heterocycles. The molecule has 0 saturated carbocycles. The minimum absolute atomic E-state index is 0.0170. The Morgan fingerprint density at radius 3 is 2.49 bits per heavy atom. The highest BCUT2D eigenvalue weighted by Crippen LogP contribution is 2.44. The van der Waals surface area contributed by atoms with E-state index in [-0.39, 0.29) is 39.6 Å². The molecule has 1 fully saturated rings. The van der Waals surface area contributed by atoms with Crippen LogP contribution < -0.4 is 10.2 Å². The van der Waals surface area contributed by atoms with Gasteiger partial charge < -0.3 is 9.88 Å². The number of carbonyl (C=O) groups is 2. The van der Waals surface area contributed by atoms with E-state index in [9.17, 15) is 31.5 Å². The summed E-state index contributed by atoms with van der Waals surface area (Å²) in [6, 6.07) is 13.4. The van der Waals surface area contributed by atoms with Crippen LogP contribution in [-0.4, -0.2) is 48.4 Å². The largest absolute Gasteiger partial charge is 0.458 e. The van der Waals surface area contributed by atoms with Gasteiger partial charge in [-0.2, -0.15) is 26.9 Å². The number of anilines is 2. The highest BCUT2D eigenvalue weighted by molar-refractivity contribution is 8.15. The summed E-state index contributed by atoms with van der Waals surface area (Å²) in [7, 11) is 1.87. The number of nitrogens with zero attached hydrogens (tertiary/aromatic N) is 6. The minimum Gasteiger partial charge on any atom is -0.350 e. The third-order valence-corrected chi connectivity index (χ3v) is 7.84. The highest BCUT2D eigenvalue weighted by Gasteiger charge is 2.58. The molecule has 1 N–H and O–H groups in total. The summed E-state index contributed by atoms with van der Waals surface area (Å²) in [6.07, 6.45) is -2.72. The van der Waals surface area contributed by atoms with Crippen LogP contribution in [0, 0.1) is 5.82 Å². The molecule has 0 atom stereocenters. The van der Waals surface area contributed by atoms with Gasteiger partial charge in [-0.25, -0.2) is 18.9 Å². The number of rotatable bonds is 5. The second-order valence-electron chi connectivity index (χ2n) is 9.81. The van der Waals surface area contributed by atoms with Crippen LogP contribution in [0.5, 0.6) is 0 Å². The van der Waals surface area contributed by atoms with Crippen molar-refractivity contribution in [3.8, 4) is 17.1 Å². The first-order valence-corrected chi connectivity index (χ1v) is 14.0. The summed E-state index contributed by atoms with van der Waals surface area (Å²) in [5.41, 5.74) is 0.330. The lowest BCUT2D eigenvalue weighted by Gasteiger charge is -2.19. The molecule has 1 saturated heterocycles. The van der Waals surface area contributed by atoms with Gasteiger partial charge in [0.25, 0.3) is 0 Å². The third-order valence-electron chi connectivity index (χ3n) is 6.92. The normalized spacial score (nSPS) is 15.0. The quantitative estimate of drug-likeness (QED) is 0.211. The summed E-state index contributed by atoms with van der Waals surface area (Å²) in [6.45, 7) is 0. The average molecular weight is 644 g/mol. The molecule has 3 aromatic carbocycles. The molecule has 1 aliphatic rings. The summed E-state index contributed by atoms with van der Waals surface area (Å²) >= 11 is 1.07. The lowest BCUT2D eigenvalue weighted by atomic mass is 10.1. The number of hydrogen-bond donors (Lipinski definition) is 1. The second-order valence-corrected chi connectivity index (χ2v) is 10.7. The Morgan fingerprint density at radius 1 is 1.02 bits per heavy atom. The van der Waals surface area contributed by atoms with Gasteiger partial charge in [0.05, 0.1) is 22.8 Å². The van der Waals surface area contributed by atoms with E-state index in [2.05, 4.69) is 20.4 Å². The number of urea groups is 1. The molecule has 0 spiro atoms. The second kappa shape index (κ2) is 11.1. The maximum Gasteiger partial charge on any atom is 0.458 e. The van der Waals surface area contributed by atoms with Crippen molar-refractivity contribution in [1.82, 2.24) is 19.3 Å². The van der Waals surface area contributed by atoms with E-state index in [0.717, 1.165) is 45.5 Å². The molecule has 0 aliphatic carbocycles. The van der Waals surface area contributed by atoms with Crippen molar-refractivity contribution in [1.29, 1.82) is 0 Å². The van der Waals surface area contributed by atoms with Gasteiger partial charge in [-0.1, -0.05) is 30.0 Å². The SMILES string of the molecule is Cn1ccc2c(N3C(=O)CS/C3=N\C(=O)Nc3ccc(-c4ncn(-c5ccc(C(F)(F)C(F)(F)F)cc5)n4)cc3F)cccc21. The van der Waals surface area contributed by atoms with E-state index in [1.54, 1.807) is 12.1 Å². The Hall–Kier alpha value is -5.12. The van der Waals surface area contributed by atoms with Gasteiger partial charge in [0.1, 0.15) is 12.1 Å². The van der Waals surface area contributed by atoms with Crippen LogP contribution in [0.15, 0.2) is 84.2 Å². The maximum atomic E-state index is 15.0. The summed E-state index contributed by atoms with van der Waals surface area (Å²) in [5.74, 6) is -6.05.